The van der Waals surface area contributed by atoms with Crippen molar-refractivity contribution in [3.63, 3.8) is 0 Å². The van der Waals surface area contributed by atoms with E-state index in [4.69, 9.17) is 10.5 Å². The number of hydrogen-bond donors (Lipinski definition) is 1. The van der Waals surface area contributed by atoms with Crippen molar-refractivity contribution >= 4 is 0 Å². The maximum atomic E-state index is 10.5. The van der Waals surface area contributed by atoms with Crippen LogP contribution in [0, 0.1) is 11.3 Å². The molecule has 0 atom stereocenters. The van der Waals surface area contributed by atoms with Crippen molar-refractivity contribution in [2.75, 3.05) is 0 Å². The number of rotatable bonds is 4. The Morgan fingerprint density at radius 2 is 0.906 bits per heavy atom. The van der Waals surface area contributed by atoms with E-state index in [-0.39, 0.29) is 5.88 Å². The van der Waals surface area contributed by atoms with Crippen molar-refractivity contribution in [2.45, 2.75) is 11.0 Å². The molecule has 0 aromatic heterocycles. The second-order valence-corrected chi connectivity index (χ2v) is 7.85. The first-order valence-corrected chi connectivity index (χ1v) is 10.6. The van der Waals surface area contributed by atoms with Crippen LogP contribution in [0.2, 0.25) is 0 Å². The van der Waals surface area contributed by atoms with Gasteiger partial charge in [0.1, 0.15) is 17.1 Å². The lowest BCUT2D eigenvalue weighted by Crippen LogP contribution is -2.50. The summed E-state index contributed by atoms with van der Waals surface area (Å²) in [5.41, 5.74) is 8.59. The average Bonchev–Trinajstić information content (AvgIpc) is 3.16. The highest BCUT2D eigenvalue weighted by Gasteiger charge is 2.65. The first-order valence-electron chi connectivity index (χ1n) is 10.6. The molecule has 0 saturated heterocycles. The highest BCUT2D eigenvalue weighted by molar-refractivity contribution is 5.65. The van der Waals surface area contributed by atoms with Crippen molar-refractivity contribution in [1.82, 2.24) is 0 Å². The van der Waals surface area contributed by atoms with Crippen LogP contribution in [0.4, 0.5) is 0 Å². The Balaban J connectivity index is 2.02. The van der Waals surface area contributed by atoms with Crippen LogP contribution >= 0.6 is 0 Å². The average molecular weight is 415 g/mol. The van der Waals surface area contributed by atoms with Crippen LogP contribution in [0.25, 0.3) is 0 Å². The summed E-state index contributed by atoms with van der Waals surface area (Å²) in [6.07, 6.45) is 0. The maximum Gasteiger partial charge on any atom is 0.201 e. The Hall–Kier alpha value is -4.29. The van der Waals surface area contributed by atoms with Crippen molar-refractivity contribution in [2.24, 2.45) is 5.73 Å². The molecule has 32 heavy (non-hydrogen) atoms. The lowest BCUT2D eigenvalue weighted by molar-refractivity contribution is 0.0215. The minimum absolute atomic E-state index is 0.146. The molecule has 3 heteroatoms. The van der Waals surface area contributed by atoms with Gasteiger partial charge in [-0.05, 0) is 11.1 Å². The molecule has 0 aliphatic carbocycles. The fourth-order valence-electron chi connectivity index (χ4n) is 5.09. The van der Waals surface area contributed by atoms with E-state index in [2.05, 4.69) is 6.07 Å². The Kier molecular flexibility index (Phi) is 4.77. The normalized spacial score (nSPS) is 16.2. The molecule has 0 fully saturated rings. The summed E-state index contributed by atoms with van der Waals surface area (Å²) < 4.78 is 6.68. The van der Waals surface area contributed by atoms with Gasteiger partial charge < -0.3 is 10.5 Å². The second kappa shape index (κ2) is 7.76. The van der Waals surface area contributed by atoms with E-state index < -0.39 is 11.0 Å². The number of hydrogen-bond acceptors (Lipinski definition) is 3. The van der Waals surface area contributed by atoms with E-state index in [1.165, 1.54) is 0 Å². The summed E-state index contributed by atoms with van der Waals surface area (Å²) in [4.78, 5) is 0. The molecule has 4 aromatic rings. The molecule has 1 aliphatic heterocycles. The van der Waals surface area contributed by atoms with Crippen LogP contribution in [0.5, 0.6) is 0 Å². The molecule has 0 unspecified atom stereocenters. The largest absolute Gasteiger partial charge is 0.461 e. The molecule has 4 aromatic carbocycles. The standard InChI is InChI=1S/C29H22N2O/c30-21-26-27(31)32-29(24-17-9-3-10-18-24,25-19-11-4-12-20-25)28(26,22-13-5-1-6-14-22)23-15-7-2-8-16-23/h1-20H,31H2. The zero-order valence-corrected chi connectivity index (χ0v) is 17.5. The number of nitriles is 1. The Bertz CT molecular complexity index is 1210. The van der Waals surface area contributed by atoms with E-state index in [1.54, 1.807) is 0 Å². The Labute approximate surface area is 188 Å². The molecule has 0 spiro atoms. The number of nitrogens with two attached hydrogens (primary N) is 1. The quantitative estimate of drug-likeness (QED) is 0.470. The summed E-state index contributed by atoms with van der Waals surface area (Å²) in [6.45, 7) is 0. The lowest BCUT2D eigenvalue weighted by Gasteiger charge is -2.46. The third-order valence-corrected chi connectivity index (χ3v) is 6.30. The van der Waals surface area contributed by atoms with E-state index in [0.717, 1.165) is 22.3 Å². The molecule has 1 aliphatic rings. The Morgan fingerprint density at radius 1 is 0.562 bits per heavy atom. The van der Waals surface area contributed by atoms with Gasteiger partial charge in [-0.1, -0.05) is 121 Å². The SMILES string of the molecule is N#CC1=C(N)OC(c2ccccc2)(c2ccccc2)C1(c1ccccc1)c1ccccc1. The molecule has 0 bridgehead atoms. The predicted octanol–water partition coefficient (Wildman–Crippen LogP) is 5.64. The second-order valence-electron chi connectivity index (χ2n) is 7.85. The minimum atomic E-state index is -1.08. The molecular weight excluding hydrogens is 392 g/mol. The number of ether oxygens (including phenoxy) is 1. The molecule has 5 rings (SSSR count). The summed E-state index contributed by atoms with van der Waals surface area (Å²) in [5, 5.41) is 10.5. The van der Waals surface area contributed by atoms with Gasteiger partial charge in [-0.3, -0.25) is 0 Å². The zero-order chi connectivity index (χ0) is 22.0. The molecule has 0 amide bonds. The van der Waals surface area contributed by atoms with Gasteiger partial charge in [-0.2, -0.15) is 5.26 Å². The summed E-state index contributed by atoms with van der Waals surface area (Å²) in [6, 6.07) is 42.6. The fourth-order valence-corrected chi connectivity index (χ4v) is 5.09. The topological polar surface area (TPSA) is 59.0 Å². The van der Waals surface area contributed by atoms with Gasteiger partial charge in [0.05, 0.1) is 0 Å². The van der Waals surface area contributed by atoms with Crippen LogP contribution in [0.3, 0.4) is 0 Å². The highest BCUT2D eigenvalue weighted by Crippen LogP contribution is 2.61. The van der Waals surface area contributed by atoms with Crippen molar-refractivity contribution in [1.29, 1.82) is 5.26 Å². The van der Waals surface area contributed by atoms with Crippen LogP contribution in [-0.2, 0) is 15.8 Å². The van der Waals surface area contributed by atoms with Gasteiger partial charge in [0.15, 0.2) is 5.60 Å². The lowest BCUT2D eigenvalue weighted by atomic mass is 9.56. The van der Waals surface area contributed by atoms with E-state index >= 15 is 0 Å². The van der Waals surface area contributed by atoms with Gasteiger partial charge in [0, 0.05) is 11.1 Å². The van der Waals surface area contributed by atoms with Gasteiger partial charge in [0.2, 0.25) is 5.88 Å². The van der Waals surface area contributed by atoms with Gasteiger partial charge in [-0.25, -0.2) is 0 Å². The summed E-state index contributed by atoms with van der Waals surface area (Å²) in [5.74, 6) is 0.146. The van der Waals surface area contributed by atoms with Gasteiger partial charge in [0.25, 0.3) is 0 Å². The van der Waals surface area contributed by atoms with E-state index in [9.17, 15) is 5.26 Å². The van der Waals surface area contributed by atoms with Crippen LogP contribution < -0.4 is 5.73 Å². The van der Waals surface area contributed by atoms with Gasteiger partial charge in [-0.15, -0.1) is 0 Å². The van der Waals surface area contributed by atoms with Crippen molar-refractivity contribution in [3.8, 4) is 6.07 Å². The minimum Gasteiger partial charge on any atom is -0.461 e. The Morgan fingerprint density at radius 3 is 1.25 bits per heavy atom. The van der Waals surface area contributed by atoms with Crippen LogP contribution in [-0.4, -0.2) is 0 Å². The molecule has 0 saturated carbocycles. The van der Waals surface area contributed by atoms with Crippen molar-refractivity contribution in [3.05, 3.63) is 155 Å². The van der Waals surface area contributed by atoms with Gasteiger partial charge >= 0.3 is 0 Å². The molecule has 154 valence electrons. The first kappa shape index (κ1) is 19.7. The highest BCUT2D eigenvalue weighted by atomic mass is 16.5. The third kappa shape index (κ3) is 2.60. The molecule has 3 nitrogen and oxygen atoms in total. The zero-order valence-electron chi connectivity index (χ0n) is 17.5. The molecular formula is C29H22N2O. The first-order chi connectivity index (χ1) is 15.7. The number of nitrogens with zero attached hydrogens (tertiary/aromatic N) is 1. The molecule has 0 radical (unpaired) electrons. The predicted molar refractivity (Wildman–Crippen MR) is 125 cm³/mol. The van der Waals surface area contributed by atoms with E-state index in [0.29, 0.717) is 5.57 Å². The fraction of sp³-hybridized carbons (Fsp3) is 0.0690. The van der Waals surface area contributed by atoms with Crippen LogP contribution in [0.1, 0.15) is 22.3 Å². The number of benzene rings is 4. The summed E-state index contributed by atoms with van der Waals surface area (Å²) in [7, 11) is 0. The third-order valence-electron chi connectivity index (χ3n) is 6.30. The monoisotopic (exact) mass is 414 g/mol. The molecule has 1 heterocycles. The smallest absolute Gasteiger partial charge is 0.201 e. The molecule has 2 N–H and O–H groups in total. The summed E-state index contributed by atoms with van der Waals surface area (Å²) >= 11 is 0. The maximum absolute atomic E-state index is 10.5. The van der Waals surface area contributed by atoms with Crippen molar-refractivity contribution < 1.29 is 4.74 Å². The van der Waals surface area contributed by atoms with E-state index in [1.807, 2.05) is 121 Å². The van der Waals surface area contributed by atoms with Crippen LogP contribution in [0.15, 0.2) is 133 Å².